The molecule has 2 amide bonds. The number of likely N-dealkylation sites (tertiary alicyclic amines) is 1. The van der Waals surface area contributed by atoms with Crippen LogP contribution in [0.1, 0.15) is 12.0 Å². The highest BCUT2D eigenvalue weighted by atomic mass is 32.2. The quantitative estimate of drug-likeness (QED) is 0.924. The standard InChI is InChI=1S/C19H22N2O2S/c1-24(23)18-9-5-8-17(13-18)20-19(22)21-11-10-16(14-21)12-15-6-3-2-4-7-15/h2-9,13,16H,10-12,14H2,1H3,(H,20,22)/t16-,24+/m0/s1. The first-order chi connectivity index (χ1) is 11.6. The van der Waals surface area contributed by atoms with Gasteiger partial charge in [-0.15, -0.1) is 0 Å². The normalized spacial score (nSPS) is 18.4. The monoisotopic (exact) mass is 342 g/mol. The van der Waals surface area contributed by atoms with Crippen LogP contribution < -0.4 is 5.32 Å². The summed E-state index contributed by atoms with van der Waals surface area (Å²) in [6.45, 7) is 1.56. The molecule has 1 fully saturated rings. The number of carbonyl (C=O) groups excluding carboxylic acids is 1. The van der Waals surface area contributed by atoms with Crippen LogP contribution in [0.4, 0.5) is 10.5 Å². The van der Waals surface area contributed by atoms with Crippen LogP contribution in [0.5, 0.6) is 0 Å². The number of nitrogens with zero attached hydrogens (tertiary/aromatic N) is 1. The second-order valence-electron chi connectivity index (χ2n) is 6.20. The molecule has 1 aliphatic rings. The molecule has 1 saturated heterocycles. The lowest BCUT2D eigenvalue weighted by atomic mass is 9.99. The maximum absolute atomic E-state index is 12.4. The van der Waals surface area contributed by atoms with E-state index in [1.54, 1.807) is 18.4 Å². The number of urea groups is 1. The lowest BCUT2D eigenvalue weighted by Crippen LogP contribution is -2.33. The molecule has 0 aliphatic carbocycles. The van der Waals surface area contributed by atoms with E-state index in [0.29, 0.717) is 11.6 Å². The Hall–Kier alpha value is -2.14. The third kappa shape index (κ3) is 4.23. The van der Waals surface area contributed by atoms with Crippen LogP contribution in [0.25, 0.3) is 0 Å². The van der Waals surface area contributed by atoms with Gasteiger partial charge in [0.15, 0.2) is 0 Å². The molecule has 1 heterocycles. The van der Waals surface area contributed by atoms with Gasteiger partial charge in [-0.1, -0.05) is 36.4 Å². The third-order valence-corrected chi connectivity index (χ3v) is 5.28. The Balaban J connectivity index is 1.56. The van der Waals surface area contributed by atoms with Crippen LogP contribution in [-0.2, 0) is 17.2 Å². The van der Waals surface area contributed by atoms with Gasteiger partial charge in [-0.2, -0.15) is 0 Å². The van der Waals surface area contributed by atoms with E-state index in [-0.39, 0.29) is 6.03 Å². The van der Waals surface area contributed by atoms with Crippen LogP contribution in [-0.4, -0.2) is 34.5 Å². The highest BCUT2D eigenvalue weighted by Gasteiger charge is 2.26. The molecule has 2 aromatic carbocycles. The minimum atomic E-state index is -1.05. The van der Waals surface area contributed by atoms with Crippen molar-refractivity contribution in [1.82, 2.24) is 4.90 Å². The van der Waals surface area contributed by atoms with E-state index in [0.717, 1.165) is 30.8 Å². The van der Waals surface area contributed by atoms with E-state index in [1.165, 1.54) is 5.56 Å². The zero-order valence-electron chi connectivity index (χ0n) is 13.8. The molecule has 2 aromatic rings. The largest absolute Gasteiger partial charge is 0.324 e. The van der Waals surface area contributed by atoms with Crippen molar-refractivity contribution in [2.45, 2.75) is 17.7 Å². The second kappa shape index (κ2) is 7.62. The van der Waals surface area contributed by atoms with Crippen molar-refractivity contribution in [1.29, 1.82) is 0 Å². The van der Waals surface area contributed by atoms with Gasteiger partial charge in [-0.3, -0.25) is 4.21 Å². The van der Waals surface area contributed by atoms with Crippen LogP contribution in [0, 0.1) is 5.92 Å². The maximum Gasteiger partial charge on any atom is 0.321 e. The third-order valence-electron chi connectivity index (χ3n) is 4.36. The van der Waals surface area contributed by atoms with Crippen molar-refractivity contribution in [2.24, 2.45) is 5.92 Å². The van der Waals surface area contributed by atoms with E-state index >= 15 is 0 Å². The first-order valence-corrected chi connectivity index (χ1v) is 9.71. The van der Waals surface area contributed by atoms with Crippen molar-refractivity contribution in [3.63, 3.8) is 0 Å². The average Bonchev–Trinajstić information content (AvgIpc) is 3.04. The minimum Gasteiger partial charge on any atom is -0.324 e. The predicted octanol–water partition coefficient (Wildman–Crippen LogP) is 3.52. The van der Waals surface area contributed by atoms with Crippen molar-refractivity contribution < 1.29 is 9.00 Å². The van der Waals surface area contributed by atoms with Gasteiger partial charge in [0.05, 0.1) is 0 Å². The summed E-state index contributed by atoms with van der Waals surface area (Å²) in [7, 11) is -1.05. The molecule has 0 spiro atoms. The molecule has 4 nitrogen and oxygen atoms in total. The van der Waals surface area contributed by atoms with Crippen molar-refractivity contribution in [3.8, 4) is 0 Å². The second-order valence-corrected chi connectivity index (χ2v) is 7.58. The van der Waals surface area contributed by atoms with Crippen molar-refractivity contribution >= 4 is 22.5 Å². The molecule has 1 N–H and O–H groups in total. The fraction of sp³-hybridized carbons (Fsp3) is 0.316. The Kier molecular flexibility index (Phi) is 5.30. The molecule has 24 heavy (non-hydrogen) atoms. The Bertz CT molecular complexity index is 733. The molecule has 1 aliphatic heterocycles. The highest BCUT2D eigenvalue weighted by molar-refractivity contribution is 7.84. The van der Waals surface area contributed by atoms with E-state index in [1.807, 2.05) is 23.1 Å². The summed E-state index contributed by atoms with van der Waals surface area (Å²) in [5, 5.41) is 2.92. The maximum atomic E-state index is 12.4. The number of amides is 2. The SMILES string of the molecule is C[S@@](=O)c1cccc(NC(=O)N2CC[C@@H](Cc3ccccc3)C2)c1. The van der Waals surface area contributed by atoms with Gasteiger partial charge in [-0.25, -0.2) is 4.79 Å². The fourth-order valence-corrected chi connectivity index (χ4v) is 3.65. The summed E-state index contributed by atoms with van der Waals surface area (Å²) >= 11 is 0. The van der Waals surface area contributed by atoms with Crippen LogP contribution in [0.3, 0.4) is 0 Å². The van der Waals surface area contributed by atoms with Gasteiger partial charge in [0.2, 0.25) is 0 Å². The summed E-state index contributed by atoms with van der Waals surface area (Å²) in [5.74, 6) is 0.507. The topological polar surface area (TPSA) is 49.4 Å². The zero-order valence-corrected chi connectivity index (χ0v) is 14.6. The van der Waals surface area contributed by atoms with Gasteiger partial charge >= 0.3 is 6.03 Å². The Morgan fingerprint density at radius 3 is 2.75 bits per heavy atom. The van der Waals surface area contributed by atoms with Gasteiger partial charge in [0, 0.05) is 40.7 Å². The van der Waals surface area contributed by atoms with Gasteiger partial charge in [0.1, 0.15) is 0 Å². The Morgan fingerprint density at radius 1 is 1.21 bits per heavy atom. The number of nitrogens with one attached hydrogen (secondary N) is 1. The number of rotatable bonds is 4. The molecule has 5 heteroatoms. The molecule has 126 valence electrons. The first kappa shape index (κ1) is 16.7. The molecule has 0 saturated carbocycles. The number of anilines is 1. The Labute approximate surface area is 145 Å². The zero-order chi connectivity index (χ0) is 16.9. The van der Waals surface area contributed by atoms with Crippen LogP contribution in [0.2, 0.25) is 0 Å². The lowest BCUT2D eigenvalue weighted by molar-refractivity contribution is 0.221. The molecule has 0 radical (unpaired) electrons. The number of hydrogen-bond acceptors (Lipinski definition) is 2. The number of carbonyl (C=O) groups is 1. The van der Waals surface area contributed by atoms with Gasteiger partial charge < -0.3 is 10.2 Å². The summed E-state index contributed by atoms with van der Waals surface area (Å²) in [6.07, 6.45) is 3.67. The van der Waals surface area contributed by atoms with Gasteiger partial charge in [0.25, 0.3) is 0 Å². The van der Waals surface area contributed by atoms with E-state index in [2.05, 4.69) is 29.6 Å². The summed E-state index contributed by atoms with van der Waals surface area (Å²) < 4.78 is 11.5. The fourth-order valence-electron chi connectivity index (χ4n) is 3.09. The van der Waals surface area contributed by atoms with E-state index in [4.69, 9.17) is 0 Å². The molecular formula is C19H22N2O2S. The number of benzene rings is 2. The van der Waals surface area contributed by atoms with E-state index < -0.39 is 10.8 Å². The van der Waals surface area contributed by atoms with Crippen LogP contribution >= 0.6 is 0 Å². The molecule has 3 rings (SSSR count). The molecule has 2 atom stereocenters. The van der Waals surface area contributed by atoms with E-state index in [9.17, 15) is 9.00 Å². The predicted molar refractivity (Wildman–Crippen MR) is 97.6 cm³/mol. The first-order valence-electron chi connectivity index (χ1n) is 8.15. The average molecular weight is 342 g/mol. The summed E-state index contributed by atoms with van der Waals surface area (Å²) in [4.78, 5) is 15.0. The lowest BCUT2D eigenvalue weighted by Gasteiger charge is -2.18. The van der Waals surface area contributed by atoms with Crippen molar-refractivity contribution in [2.75, 3.05) is 24.7 Å². The summed E-state index contributed by atoms with van der Waals surface area (Å²) in [5.41, 5.74) is 2.02. The summed E-state index contributed by atoms with van der Waals surface area (Å²) in [6, 6.07) is 17.5. The van der Waals surface area contributed by atoms with Crippen LogP contribution in [0.15, 0.2) is 59.5 Å². The molecular weight excluding hydrogens is 320 g/mol. The highest BCUT2D eigenvalue weighted by Crippen LogP contribution is 2.22. The molecule has 0 bridgehead atoms. The molecule has 0 unspecified atom stereocenters. The number of hydrogen-bond donors (Lipinski definition) is 1. The van der Waals surface area contributed by atoms with Crippen molar-refractivity contribution in [3.05, 3.63) is 60.2 Å². The minimum absolute atomic E-state index is 0.0791. The molecule has 0 aromatic heterocycles. The van der Waals surface area contributed by atoms with Gasteiger partial charge in [-0.05, 0) is 42.5 Å². The Morgan fingerprint density at radius 2 is 2.00 bits per heavy atom. The smallest absolute Gasteiger partial charge is 0.321 e.